The van der Waals surface area contributed by atoms with E-state index in [0.29, 0.717) is 12.1 Å². The number of amides is 1. The van der Waals surface area contributed by atoms with Crippen LogP contribution in [-0.4, -0.2) is 5.91 Å². The number of primary amides is 1. The molecular formula is C15H13F3N2O. The predicted octanol–water partition coefficient (Wildman–Crippen LogP) is 2.49. The van der Waals surface area contributed by atoms with Gasteiger partial charge in [0.1, 0.15) is 0 Å². The lowest BCUT2D eigenvalue weighted by Gasteiger charge is -2.07. The summed E-state index contributed by atoms with van der Waals surface area (Å²) in [5.74, 6) is -4.45. The monoisotopic (exact) mass is 294 g/mol. The highest BCUT2D eigenvalue weighted by Gasteiger charge is 2.10. The van der Waals surface area contributed by atoms with Crippen molar-refractivity contribution in [2.24, 2.45) is 5.73 Å². The first-order valence-electron chi connectivity index (χ1n) is 6.20. The third-order valence-electron chi connectivity index (χ3n) is 2.91. The number of nitrogens with one attached hydrogen (secondary N) is 1. The third-order valence-corrected chi connectivity index (χ3v) is 2.91. The molecule has 0 spiro atoms. The molecule has 0 atom stereocenters. The van der Waals surface area contributed by atoms with Gasteiger partial charge in [0.2, 0.25) is 5.91 Å². The minimum atomic E-state index is -1.48. The van der Waals surface area contributed by atoms with Crippen molar-refractivity contribution in [1.82, 2.24) is 5.32 Å². The van der Waals surface area contributed by atoms with Gasteiger partial charge in [-0.3, -0.25) is 4.79 Å². The van der Waals surface area contributed by atoms with Crippen molar-refractivity contribution < 1.29 is 18.0 Å². The minimum absolute atomic E-state index is 0.162. The van der Waals surface area contributed by atoms with Gasteiger partial charge in [0.15, 0.2) is 17.5 Å². The summed E-state index contributed by atoms with van der Waals surface area (Å²) in [4.78, 5) is 11.0. The smallest absolute Gasteiger partial charge is 0.248 e. The fourth-order valence-electron chi connectivity index (χ4n) is 1.90. The van der Waals surface area contributed by atoms with Crippen molar-refractivity contribution in [2.45, 2.75) is 13.1 Å². The van der Waals surface area contributed by atoms with Crippen molar-refractivity contribution in [3.63, 3.8) is 0 Å². The van der Waals surface area contributed by atoms with E-state index in [4.69, 9.17) is 5.73 Å². The molecule has 3 nitrogen and oxygen atoms in total. The standard InChI is InChI=1S/C15H13F3N2O/c16-12-5-10(6-13(17)14(12)18)8-20-7-9-2-1-3-11(4-9)15(19)21/h1-6,20H,7-8H2,(H2,19,21). The molecular weight excluding hydrogens is 281 g/mol. The molecule has 2 aromatic carbocycles. The molecule has 2 aromatic rings. The van der Waals surface area contributed by atoms with Gasteiger partial charge in [-0.1, -0.05) is 12.1 Å². The molecule has 0 saturated carbocycles. The maximum Gasteiger partial charge on any atom is 0.248 e. The van der Waals surface area contributed by atoms with Gasteiger partial charge < -0.3 is 11.1 Å². The van der Waals surface area contributed by atoms with Crippen molar-refractivity contribution in [2.75, 3.05) is 0 Å². The topological polar surface area (TPSA) is 55.1 Å². The van der Waals surface area contributed by atoms with Gasteiger partial charge in [0.05, 0.1) is 0 Å². The highest BCUT2D eigenvalue weighted by atomic mass is 19.2. The molecule has 21 heavy (non-hydrogen) atoms. The number of hydrogen-bond donors (Lipinski definition) is 2. The highest BCUT2D eigenvalue weighted by Crippen LogP contribution is 2.13. The highest BCUT2D eigenvalue weighted by molar-refractivity contribution is 5.92. The molecule has 1 amide bonds. The molecule has 0 saturated heterocycles. The second-order valence-electron chi connectivity index (χ2n) is 4.54. The van der Waals surface area contributed by atoms with Crippen LogP contribution in [0.1, 0.15) is 21.5 Å². The molecule has 0 aliphatic carbocycles. The number of rotatable bonds is 5. The van der Waals surface area contributed by atoms with Crippen LogP contribution >= 0.6 is 0 Å². The van der Waals surface area contributed by atoms with Crippen LogP contribution in [0.25, 0.3) is 0 Å². The Morgan fingerprint density at radius 1 is 1.00 bits per heavy atom. The van der Waals surface area contributed by atoms with Crippen molar-refractivity contribution in [1.29, 1.82) is 0 Å². The number of halogens is 3. The van der Waals surface area contributed by atoms with Crippen LogP contribution in [0.3, 0.4) is 0 Å². The van der Waals surface area contributed by atoms with E-state index in [2.05, 4.69) is 5.32 Å². The summed E-state index contributed by atoms with van der Waals surface area (Å²) in [7, 11) is 0. The molecule has 0 heterocycles. The summed E-state index contributed by atoms with van der Waals surface area (Å²) in [6.07, 6.45) is 0. The molecule has 3 N–H and O–H groups in total. The molecule has 0 bridgehead atoms. The van der Waals surface area contributed by atoms with Gasteiger partial charge in [-0.05, 0) is 35.4 Å². The summed E-state index contributed by atoms with van der Waals surface area (Å²) < 4.78 is 38.9. The third kappa shape index (κ3) is 3.82. The molecule has 0 aliphatic rings. The van der Waals surface area contributed by atoms with Crippen LogP contribution in [0, 0.1) is 17.5 Å². The summed E-state index contributed by atoms with van der Waals surface area (Å²) in [5.41, 5.74) is 6.64. The Morgan fingerprint density at radius 2 is 1.62 bits per heavy atom. The van der Waals surface area contributed by atoms with Crippen LogP contribution in [0.4, 0.5) is 13.2 Å². The van der Waals surface area contributed by atoms with E-state index in [-0.39, 0.29) is 12.1 Å². The Morgan fingerprint density at radius 3 is 2.24 bits per heavy atom. The molecule has 0 unspecified atom stereocenters. The Kier molecular flexibility index (Phi) is 4.59. The lowest BCUT2D eigenvalue weighted by Crippen LogP contribution is -2.15. The van der Waals surface area contributed by atoms with E-state index in [1.165, 1.54) is 0 Å². The normalized spacial score (nSPS) is 10.6. The summed E-state index contributed by atoms with van der Waals surface area (Å²) in [5, 5.41) is 2.95. The van der Waals surface area contributed by atoms with E-state index in [9.17, 15) is 18.0 Å². The fraction of sp³-hybridized carbons (Fsp3) is 0.133. The van der Waals surface area contributed by atoms with Crippen LogP contribution in [-0.2, 0) is 13.1 Å². The van der Waals surface area contributed by atoms with Gasteiger partial charge in [-0.2, -0.15) is 0 Å². The van der Waals surface area contributed by atoms with Crippen LogP contribution in [0.2, 0.25) is 0 Å². The first-order chi connectivity index (χ1) is 9.97. The Hall–Kier alpha value is -2.34. The van der Waals surface area contributed by atoms with E-state index >= 15 is 0 Å². The quantitative estimate of drug-likeness (QED) is 0.832. The van der Waals surface area contributed by atoms with Crippen LogP contribution in [0.5, 0.6) is 0 Å². The summed E-state index contributed by atoms with van der Waals surface area (Å²) in [6, 6.07) is 8.56. The van der Waals surface area contributed by atoms with Crippen molar-refractivity contribution >= 4 is 5.91 Å². The number of carbonyl (C=O) groups is 1. The van der Waals surface area contributed by atoms with Crippen LogP contribution < -0.4 is 11.1 Å². The van der Waals surface area contributed by atoms with Gasteiger partial charge in [-0.25, -0.2) is 13.2 Å². The fourth-order valence-corrected chi connectivity index (χ4v) is 1.90. The number of benzene rings is 2. The Balaban J connectivity index is 1.98. The molecule has 0 fully saturated rings. The molecule has 110 valence electrons. The Bertz CT molecular complexity index is 651. The van der Waals surface area contributed by atoms with E-state index in [1.54, 1.807) is 24.3 Å². The van der Waals surface area contributed by atoms with Crippen LogP contribution in [0.15, 0.2) is 36.4 Å². The molecule has 0 aromatic heterocycles. The first-order valence-corrected chi connectivity index (χ1v) is 6.20. The zero-order valence-corrected chi connectivity index (χ0v) is 11.0. The minimum Gasteiger partial charge on any atom is -0.366 e. The lowest BCUT2D eigenvalue weighted by atomic mass is 10.1. The van der Waals surface area contributed by atoms with Gasteiger partial charge in [0.25, 0.3) is 0 Å². The average Bonchev–Trinajstić information content (AvgIpc) is 2.45. The van der Waals surface area contributed by atoms with Gasteiger partial charge in [-0.15, -0.1) is 0 Å². The average molecular weight is 294 g/mol. The molecule has 6 heteroatoms. The van der Waals surface area contributed by atoms with Gasteiger partial charge >= 0.3 is 0 Å². The molecule has 2 rings (SSSR count). The zero-order chi connectivity index (χ0) is 15.4. The van der Waals surface area contributed by atoms with E-state index in [0.717, 1.165) is 17.7 Å². The molecule has 0 radical (unpaired) electrons. The number of nitrogens with two attached hydrogens (primary N) is 1. The summed E-state index contributed by atoms with van der Waals surface area (Å²) in [6.45, 7) is 0.538. The first kappa shape index (κ1) is 15.1. The SMILES string of the molecule is NC(=O)c1cccc(CNCc2cc(F)c(F)c(F)c2)c1. The second kappa shape index (κ2) is 6.41. The lowest BCUT2D eigenvalue weighted by molar-refractivity contribution is 0.1000. The van der Waals surface area contributed by atoms with Crippen molar-refractivity contribution in [3.05, 3.63) is 70.5 Å². The summed E-state index contributed by atoms with van der Waals surface area (Å²) >= 11 is 0. The maximum absolute atomic E-state index is 13.0. The zero-order valence-electron chi connectivity index (χ0n) is 11.0. The number of hydrogen-bond acceptors (Lipinski definition) is 2. The largest absolute Gasteiger partial charge is 0.366 e. The number of carbonyl (C=O) groups excluding carboxylic acids is 1. The van der Waals surface area contributed by atoms with Crippen molar-refractivity contribution in [3.8, 4) is 0 Å². The molecule has 0 aliphatic heterocycles. The Labute approximate surface area is 119 Å². The van der Waals surface area contributed by atoms with E-state index in [1.807, 2.05) is 0 Å². The second-order valence-corrected chi connectivity index (χ2v) is 4.54. The predicted molar refractivity (Wildman–Crippen MR) is 71.8 cm³/mol. The maximum atomic E-state index is 13.0. The van der Waals surface area contributed by atoms with E-state index < -0.39 is 23.4 Å². The van der Waals surface area contributed by atoms with Gasteiger partial charge in [0, 0.05) is 18.7 Å².